The van der Waals surface area contributed by atoms with Crippen molar-refractivity contribution >= 4 is 23.3 Å². The van der Waals surface area contributed by atoms with Gasteiger partial charge in [0.2, 0.25) is 0 Å². The summed E-state index contributed by atoms with van der Waals surface area (Å²) in [5.74, 6) is 0.672. The summed E-state index contributed by atoms with van der Waals surface area (Å²) in [4.78, 5) is 6.24. The van der Waals surface area contributed by atoms with Crippen LogP contribution in [-0.2, 0) is 0 Å². The fourth-order valence-corrected chi connectivity index (χ4v) is 1.91. The third-order valence-corrected chi connectivity index (χ3v) is 3.06. The summed E-state index contributed by atoms with van der Waals surface area (Å²) >= 11 is 6.17. The molecule has 1 aliphatic carbocycles. The van der Waals surface area contributed by atoms with Gasteiger partial charge in [-0.3, -0.25) is 0 Å². The lowest BCUT2D eigenvalue weighted by atomic mass is 10.2. The minimum absolute atomic E-state index is 0.00199. The molecule has 1 aromatic heterocycles. The number of aromatic nitrogens is 1. The van der Waals surface area contributed by atoms with Gasteiger partial charge < -0.3 is 15.8 Å². The maximum absolute atomic E-state index is 8.63. The van der Waals surface area contributed by atoms with E-state index in [9.17, 15) is 0 Å². The fourth-order valence-electron chi connectivity index (χ4n) is 1.57. The van der Waals surface area contributed by atoms with Gasteiger partial charge >= 0.3 is 0 Å². The minimum atomic E-state index is -0.00199. The summed E-state index contributed by atoms with van der Waals surface area (Å²) in [6, 6.07) is 2.13. The largest absolute Gasteiger partial charge is 0.409 e. The van der Waals surface area contributed by atoms with Crippen LogP contribution in [0.2, 0.25) is 5.02 Å². The number of nitrogens with zero attached hydrogens (tertiary/aromatic N) is 3. The molecule has 0 unspecified atom stereocenters. The van der Waals surface area contributed by atoms with E-state index >= 15 is 0 Å². The Balaban J connectivity index is 2.39. The third-order valence-electron chi connectivity index (χ3n) is 2.68. The number of oxime groups is 1. The molecule has 0 spiro atoms. The van der Waals surface area contributed by atoms with E-state index in [0.29, 0.717) is 22.4 Å². The molecular weight excluding hydrogens is 228 g/mol. The number of hydrogen-bond acceptors (Lipinski definition) is 4. The first-order valence-corrected chi connectivity index (χ1v) is 5.38. The maximum Gasteiger partial charge on any atom is 0.171 e. The summed E-state index contributed by atoms with van der Waals surface area (Å²) in [5, 5.41) is 12.0. The average molecular weight is 241 g/mol. The molecule has 1 heterocycles. The highest BCUT2D eigenvalue weighted by Crippen LogP contribution is 2.34. The Bertz CT molecular complexity index is 431. The van der Waals surface area contributed by atoms with E-state index in [1.807, 2.05) is 11.9 Å². The second-order valence-electron chi connectivity index (χ2n) is 3.82. The van der Waals surface area contributed by atoms with E-state index in [4.69, 9.17) is 22.5 Å². The first-order chi connectivity index (χ1) is 7.65. The Morgan fingerprint density at radius 2 is 2.38 bits per heavy atom. The van der Waals surface area contributed by atoms with Gasteiger partial charge in [0.15, 0.2) is 5.84 Å². The monoisotopic (exact) mass is 240 g/mol. The van der Waals surface area contributed by atoms with Gasteiger partial charge in [-0.25, -0.2) is 4.98 Å². The highest BCUT2D eigenvalue weighted by atomic mass is 35.5. The number of amidine groups is 1. The quantitative estimate of drug-likeness (QED) is 0.363. The van der Waals surface area contributed by atoms with Crippen molar-refractivity contribution in [1.82, 2.24) is 4.98 Å². The van der Waals surface area contributed by atoms with Crippen molar-refractivity contribution in [2.45, 2.75) is 18.9 Å². The van der Waals surface area contributed by atoms with E-state index in [2.05, 4.69) is 10.1 Å². The summed E-state index contributed by atoms with van der Waals surface area (Å²) in [7, 11) is 1.95. The molecule has 1 aliphatic rings. The number of pyridine rings is 1. The fraction of sp³-hybridized carbons (Fsp3) is 0.400. The van der Waals surface area contributed by atoms with E-state index in [1.54, 1.807) is 12.3 Å². The summed E-state index contributed by atoms with van der Waals surface area (Å²) in [6.45, 7) is 0. The SMILES string of the molecule is CN(c1nccc(/C(N)=N/O)c1Cl)C1CC1. The van der Waals surface area contributed by atoms with Crippen LogP contribution in [-0.4, -0.2) is 29.1 Å². The second kappa shape index (κ2) is 4.17. The lowest BCUT2D eigenvalue weighted by Gasteiger charge is -2.19. The molecule has 0 atom stereocenters. The first kappa shape index (κ1) is 11.0. The number of nitrogens with two attached hydrogens (primary N) is 1. The van der Waals surface area contributed by atoms with Crippen LogP contribution in [0.15, 0.2) is 17.4 Å². The van der Waals surface area contributed by atoms with Crippen molar-refractivity contribution in [3.05, 3.63) is 22.8 Å². The van der Waals surface area contributed by atoms with Crippen LogP contribution in [0.4, 0.5) is 5.82 Å². The van der Waals surface area contributed by atoms with Crippen LogP contribution in [0.1, 0.15) is 18.4 Å². The van der Waals surface area contributed by atoms with Crippen LogP contribution in [0.5, 0.6) is 0 Å². The van der Waals surface area contributed by atoms with Gasteiger partial charge in [0, 0.05) is 24.8 Å². The molecule has 1 fully saturated rings. The molecule has 86 valence electrons. The Kier molecular flexibility index (Phi) is 2.87. The molecule has 16 heavy (non-hydrogen) atoms. The Hall–Kier alpha value is -1.49. The predicted molar refractivity (Wildman–Crippen MR) is 63.2 cm³/mol. The van der Waals surface area contributed by atoms with Gasteiger partial charge in [-0.2, -0.15) is 0 Å². The Morgan fingerprint density at radius 3 is 2.94 bits per heavy atom. The number of anilines is 1. The molecule has 0 aromatic carbocycles. The molecule has 0 radical (unpaired) electrons. The Morgan fingerprint density at radius 1 is 1.69 bits per heavy atom. The first-order valence-electron chi connectivity index (χ1n) is 5.00. The summed E-state index contributed by atoms with van der Waals surface area (Å²) < 4.78 is 0. The molecule has 1 saturated carbocycles. The second-order valence-corrected chi connectivity index (χ2v) is 4.20. The van der Waals surface area contributed by atoms with Gasteiger partial charge in [0.1, 0.15) is 5.82 Å². The lowest BCUT2D eigenvalue weighted by molar-refractivity contribution is 0.318. The molecule has 0 bridgehead atoms. The maximum atomic E-state index is 8.63. The number of hydrogen-bond donors (Lipinski definition) is 2. The smallest absolute Gasteiger partial charge is 0.171 e. The van der Waals surface area contributed by atoms with Gasteiger partial charge in [-0.1, -0.05) is 16.8 Å². The normalized spacial score (nSPS) is 16.2. The summed E-state index contributed by atoms with van der Waals surface area (Å²) in [6.07, 6.45) is 3.91. The van der Waals surface area contributed by atoms with E-state index in [1.165, 1.54) is 0 Å². The average Bonchev–Trinajstić information content (AvgIpc) is 3.11. The van der Waals surface area contributed by atoms with Crippen LogP contribution in [0.25, 0.3) is 0 Å². The molecule has 3 N–H and O–H groups in total. The van der Waals surface area contributed by atoms with Gasteiger partial charge in [0.05, 0.1) is 5.02 Å². The van der Waals surface area contributed by atoms with E-state index in [-0.39, 0.29) is 5.84 Å². The number of rotatable bonds is 3. The number of halogens is 1. The minimum Gasteiger partial charge on any atom is -0.409 e. The van der Waals surface area contributed by atoms with Crippen LogP contribution >= 0.6 is 11.6 Å². The zero-order chi connectivity index (χ0) is 11.7. The van der Waals surface area contributed by atoms with Gasteiger partial charge in [0.25, 0.3) is 0 Å². The molecule has 1 aromatic rings. The molecule has 0 aliphatic heterocycles. The van der Waals surface area contributed by atoms with Crippen molar-refractivity contribution < 1.29 is 5.21 Å². The third kappa shape index (κ3) is 1.90. The van der Waals surface area contributed by atoms with E-state index < -0.39 is 0 Å². The highest BCUT2D eigenvalue weighted by Gasteiger charge is 2.29. The van der Waals surface area contributed by atoms with Gasteiger partial charge in [-0.15, -0.1) is 0 Å². The lowest BCUT2D eigenvalue weighted by Crippen LogP contribution is -2.22. The van der Waals surface area contributed by atoms with Crippen molar-refractivity contribution in [1.29, 1.82) is 0 Å². The standard InChI is InChI=1S/C10H13ClN4O/c1-15(6-2-3-6)10-8(11)7(4-5-13-10)9(12)14-16/h4-6,16H,2-3H2,1H3,(H2,12,14). The molecule has 6 heteroatoms. The van der Waals surface area contributed by atoms with Gasteiger partial charge in [-0.05, 0) is 18.9 Å². The van der Waals surface area contributed by atoms with E-state index in [0.717, 1.165) is 12.8 Å². The van der Waals surface area contributed by atoms with Crippen LogP contribution in [0, 0.1) is 0 Å². The van der Waals surface area contributed by atoms with Crippen LogP contribution < -0.4 is 10.6 Å². The zero-order valence-corrected chi connectivity index (χ0v) is 9.65. The topological polar surface area (TPSA) is 74.7 Å². The van der Waals surface area contributed by atoms with Crippen molar-refractivity contribution in [3.63, 3.8) is 0 Å². The molecule has 0 saturated heterocycles. The molecule has 5 nitrogen and oxygen atoms in total. The van der Waals surface area contributed by atoms with Crippen LogP contribution in [0.3, 0.4) is 0 Å². The highest BCUT2D eigenvalue weighted by molar-refractivity contribution is 6.36. The summed E-state index contributed by atoms with van der Waals surface area (Å²) in [5.41, 5.74) is 6.03. The zero-order valence-electron chi connectivity index (χ0n) is 8.89. The molecular formula is C10H13ClN4O. The Labute approximate surface area is 98.5 Å². The van der Waals surface area contributed by atoms with Crippen molar-refractivity contribution in [2.75, 3.05) is 11.9 Å². The van der Waals surface area contributed by atoms with Crippen molar-refractivity contribution in [2.24, 2.45) is 10.9 Å². The van der Waals surface area contributed by atoms with Crippen molar-refractivity contribution in [3.8, 4) is 0 Å². The molecule has 2 rings (SSSR count). The predicted octanol–water partition coefficient (Wildman–Crippen LogP) is 1.43. The molecule has 0 amide bonds.